The summed E-state index contributed by atoms with van der Waals surface area (Å²) in [5, 5.41) is 9.91. The van der Waals surface area contributed by atoms with Crippen LogP contribution in [-0.4, -0.2) is 91.0 Å². The van der Waals surface area contributed by atoms with Gasteiger partial charge in [0.15, 0.2) is 11.2 Å². The fourth-order valence-corrected chi connectivity index (χ4v) is 6.69. The number of nitrogens with one attached hydrogen (secondary N) is 3. The van der Waals surface area contributed by atoms with Gasteiger partial charge in [0.1, 0.15) is 12.1 Å². The first kappa shape index (κ1) is 31.7. The molecule has 4 atom stereocenters. The zero-order valence-corrected chi connectivity index (χ0v) is 26.5. The number of hydrogen-bond acceptors (Lipinski definition) is 8. The van der Waals surface area contributed by atoms with Gasteiger partial charge in [-0.2, -0.15) is 0 Å². The lowest BCUT2D eigenvalue weighted by Crippen LogP contribution is -2.59. The second-order valence-electron chi connectivity index (χ2n) is 11.7. The zero-order valence-electron chi connectivity index (χ0n) is 24.9. The number of amides is 4. The van der Waals surface area contributed by atoms with Crippen LogP contribution in [0.2, 0.25) is 5.02 Å². The molecule has 0 aliphatic carbocycles. The molecule has 0 unspecified atom stereocenters. The summed E-state index contributed by atoms with van der Waals surface area (Å²) in [7, 11) is 1.51. The van der Waals surface area contributed by atoms with E-state index < -0.39 is 42.0 Å². The van der Waals surface area contributed by atoms with Crippen molar-refractivity contribution in [2.45, 2.75) is 51.0 Å². The molecule has 3 aromatic rings. The summed E-state index contributed by atoms with van der Waals surface area (Å²) in [6.45, 7) is 4.35. The molecule has 1 aromatic heterocycles. The van der Waals surface area contributed by atoms with Crippen molar-refractivity contribution in [2.24, 2.45) is 5.92 Å². The van der Waals surface area contributed by atoms with Gasteiger partial charge in [-0.1, -0.05) is 67.1 Å². The number of nitrogens with zero attached hydrogens (tertiary/aromatic N) is 3. The second-order valence-corrected chi connectivity index (χ2v) is 13.1. The van der Waals surface area contributed by atoms with E-state index in [1.165, 1.54) is 23.3 Å². The van der Waals surface area contributed by atoms with Crippen LogP contribution < -0.4 is 20.9 Å². The van der Waals surface area contributed by atoms with E-state index in [4.69, 9.17) is 21.3 Å². The molecular weight excluding hydrogens is 604 g/mol. The molecule has 4 amide bonds. The minimum absolute atomic E-state index is 0.118. The number of anilines is 1. The minimum atomic E-state index is -0.950. The van der Waals surface area contributed by atoms with Crippen LogP contribution in [0.3, 0.4) is 0 Å². The highest BCUT2D eigenvalue weighted by Gasteiger charge is 2.37. The molecule has 2 aromatic carbocycles. The predicted octanol–water partition coefficient (Wildman–Crippen LogP) is 2.37. The van der Waals surface area contributed by atoms with Crippen LogP contribution in [0.15, 0.2) is 48.5 Å². The van der Waals surface area contributed by atoms with Gasteiger partial charge in [0.2, 0.25) is 17.7 Å². The Hall–Kier alpha value is -3.74. The quantitative estimate of drug-likeness (QED) is 0.390. The monoisotopic (exact) mass is 640 g/mol. The highest BCUT2D eigenvalue weighted by atomic mass is 35.5. The number of carbonyl (C=O) groups excluding carboxylic acids is 4. The third kappa shape index (κ3) is 7.85. The zero-order chi connectivity index (χ0) is 31.4. The van der Waals surface area contributed by atoms with Gasteiger partial charge in [-0.15, -0.1) is 0 Å². The highest BCUT2D eigenvalue weighted by Crippen LogP contribution is 2.32. The standard InChI is InChI=1S/C31H37ClN6O5S/c1-18(2)11-23-28(40)33-14-21-15-38(31-36-22-10-9-20(32)13-26(22)44-31)16-25(43-21)29(41)35-24(12-19-7-5-4-6-8-19)30(42)37(3)17-27(39)34-23/h4-10,13,18,21,23-25H,11-12,14-17H2,1-3H3,(H,33,40)(H,34,39)(H,35,41)/t21-,23+,24-,25-/m1/s1. The average Bonchev–Trinajstić information content (AvgIpc) is 3.42. The third-order valence-electron chi connectivity index (χ3n) is 7.59. The van der Waals surface area contributed by atoms with Crippen molar-refractivity contribution in [1.82, 2.24) is 25.8 Å². The van der Waals surface area contributed by atoms with Crippen molar-refractivity contribution in [3.05, 3.63) is 59.1 Å². The molecule has 2 aliphatic heterocycles. The Bertz CT molecular complexity index is 1520. The van der Waals surface area contributed by atoms with Crippen molar-refractivity contribution in [3.8, 4) is 0 Å². The molecule has 11 nitrogen and oxygen atoms in total. The lowest BCUT2D eigenvalue weighted by molar-refractivity contribution is -0.143. The van der Waals surface area contributed by atoms with Crippen molar-refractivity contribution >= 4 is 61.9 Å². The highest BCUT2D eigenvalue weighted by molar-refractivity contribution is 7.22. The Morgan fingerprint density at radius 1 is 1.02 bits per heavy atom. The number of likely N-dealkylation sites (N-methyl/N-ethyl adjacent to an activating group) is 1. The summed E-state index contributed by atoms with van der Waals surface area (Å²) in [6, 6.07) is 13.1. The number of ether oxygens (including phenoxy) is 1. The fourth-order valence-electron chi connectivity index (χ4n) is 5.43. The Morgan fingerprint density at radius 3 is 2.55 bits per heavy atom. The SMILES string of the molecule is CC(C)C[C@@H]1NC(=O)CN(C)C(=O)[C@@H](Cc2ccccc2)NC(=O)[C@H]2CN(c3nc4ccc(Cl)cc4s3)C[C@@H](CNC1=O)O2. The van der Waals surface area contributed by atoms with Gasteiger partial charge >= 0.3 is 0 Å². The maximum Gasteiger partial charge on any atom is 0.251 e. The van der Waals surface area contributed by atoms with E-state index in [0.29, 0.717) is 23.1 Å². The number of morpholine rings is 1. The summed E-state index contributed by atoms with van der Waals surface area (Å²) in [5.41, 5.74) is 1.64. The summed E-state index contributed by atoms with van der Waals surface area (Å²) < 4.78 is 7.15. The van der Waals surface area contributed by atoms with Crippen LogP contribution >= 0.6 is 22.9 Å². The van der Waals surface area contributed by atoms with E-state index in [1.54, 1.807) is 6.07 Å². The number of thiazole rings is 1. The van der Waals surface area contributed by atoms with E-state index in [-0.39, 0.29) is 37.9 Å². The van der Waals surface area contributed by atoms with Crippen LogP contribution in [0.4, 0.5) is 5.13 Å². The number of hydrogen-bond donors (Lipinski definition) is 3. The molecule has 234 valence electrons. The molecular formula is C31H37ClN6O5S. The molecule has 0 radical (unpaired) electrons. The minimum Gasteiger partial charge on any atom is -0.360 e. The lowest BCUT2D eigenvalue weighted by Gasteiger charge is -2.38. The molecule has 0 saturated carbocycles. The maximum atomic E-state index is 13.8. The molecule has 3 N–H and O–H groups in total. The smallest absolute Gasteiger partial charge is 0.251 e. The first-order valence-electron chi connectivity index (χ1n) is 14.7. The average molecular weight is 641 g/mol. The van der Waals surface area contributed by atoms with E-state index in [9.17, 15) is 19.2 Å². The molecule has 3 heterocycles. The van der Waals surface area contributed by atoms with Gasteiger partial charge in [0.05, 0.1) is 29.4 Å². The molecule has 2 aliphatic rings. The van der Waals surface area contributed by atoms with Gasteiger partial charge in [-0.3, -0.25) is 19.2 Å². The number of aromatic nitrogens is 1. The molecule has 13 heteroatoms. The lowest BCUT2D eigenvalue weighted by atomic mass is 10.0. The van der Waals surface area contributed by atoms with Gasteiger partial charge in [0, 0.05) is 31.6 Å². The van der Waals surface area contributed by atoms with Crippen molar-refractivity contribution < 1.29 is 23.9 Å². The van der Waals surface area contributed by atoms with Crippen molar-refractivity contribution in [3.63, 3.8) is 0 Å². The summed E-state index contributed by atoms with van der Waals surface area (Å²) >= 11 is 7.66. The van der Waals surface area contributed by atoms with Crippen molar-refractivity contribution in [2.75, 3.05) is 38.1 Å². The Morgan fingerprint density at radius 2 is 1.80 bits per heavy atom. The second kappa shape index (κ2) is 13.9. The fraction of sp³-hybridized carbons (Fsp3) is 0.452. The molecule has 2 saturated heterocycles. The number of carbonyl (C=O) groups is 4. The van der Waals surface area contributed by atoms with Gasteiger partial charge in [0.25, 0.3) is 5.91 Å². The Kier molecular flexibility index (Phi) is 10.0. The Labute approximate surface area is 265 Å². The van der Waals surface area contributed by atoms with Crippen LogP contribution in [0.25, 0.3) is 10.2 Å². The first-order chi connectivity index (χ1) is 21.0. The number of rotatable bonds is 5. The van der Waals surface area contributed by atoms with Crippen LogP contribution in [-0.2, 0) is 30.3 Å². The van der Waals surface area contributed by atoms with Crippen LogP contribution in [0.1, 0.15) is 25.8 Å². The number of halogens is 1. The molecule has 44 heavy (non-hydrogen) atoms. The van der Waals surface area contributed by atoms with E-state index in [1.807, 2.05) is 61.2 Å². The molecule has 2 fully saturated rings. The Balaban J connectivity index is 1.46. The van der Waals surface area contributed by atoms with Gasteiger partial charge in [-0.25, -0.2) is 4.98 Å². The molecule has 2 bridgehead atoms. The largest absolute Gasteiger partial charge is 0.360 e. The first-order valence-corrected chi connectivity index (χ1v) is 15.9. The summed E-state index contributed by atoms with van der Waals surface area (Å²) in [6.07, 6.45) is -0.869. The normalized spacial score (nSPS) is 24.0. The van der Waals surface area contributed by atoms with E-state index >= 15 is 0 Å². The van der Waals surface area contributed by atoms with E-state index in [2.05, 4.69) is 16.0 Å². The van der Waals surface area contributed by atoms with Gasteiger partial charge in [-0.05, 0) is 36.1 Å². The van der Waals surface area contributed by atoms with Crippen LogP contribution in [0.5, 0.6) is 0 Å². The molecule has 0 spiro atoms. The van der Waals surface area contributed by atoms with E-state index in [0.717, 1.165) is 15.8 Å². The third-order valence-corrected chi connectivity index (χ3v) is 8.90. The number of benzene rings is 2. The van der Waals surface area contributed by atoms with Crippen molar-refractivity contribution in [1.29, 1.82) is 0 Å². The summed E-state index contributed by atoms with van der Waals surface area (Å²) in [5.74, 6) is -1.57. The number of fused-ring (bicyclic) bond motifs is 3. The maximum absolute atomic E-state index is 13.8. The van der Waals surface area contributed by atoms with Crippen LogP contribution in [0, 0.1) is 5.92 Å². The molecule has 5 rings (SSSR count). The predicted molar refractivity (Wildman–Crippen MR) is 170 cm³/mol. The summed E-state index contributed by atoms with van der Waals surface area (Å²) in [4.78, 5) is 61.7. The topological polar surface area (TPSA) is 133 Å². The van der Waals surface area contributed by atoms with Gasteiger partial charge < -0.3 is 30.5 Å².